The first-order valence-corrected chi connectivity index (χ1v) is 10.3. The van der Waals surface area contributed by atoms with Crippen molar-refractivity contribution in [3.8, 4) is 5.75 Å². The number of carbonyl (C=O) groups excluding carboxylic acids is 1. The maximum absolute atomic E-state index is 12.9. The molecular weight excluding hydrogens is 364 g/mol. The van der Waals surface area contributed by atoms with Crippen molar-refractivity contribution in [1.29, 1.82) is 0 Å². The van der Waals surface area contributed by atoms with Gasteiger partial charge < -0.3 is 10.1 Å². The van der Waals surface area contributed by atoms with Gasteiger partial charge in [0.05, 0.1) is 7.11 Å². The lowest BCUT2D eigenvalue weighted by Crippen LogP contribution is -2.31. The third-order valence-corrected chi connectivity index (χ3v) is 6.39. The first-order valence-electron chi connectivity index (χ1n) is 8.85. The van der Waals surface area contributed by atoms with E-state index in [9.17, 15) is 13.2 Å². The van der Waals surface area contributed by atoms with Crippen molar-refractivity contribution in [2.24, 2.45) is 0 Å². The van der Waals surface area contributed by atoms with Crippen LogP contribution in [-0.4, -0.2) is 38.8 Å². The van der Waals surface area contributed by atoms with Crippen LogP contribution in [-0.2, 0) is 16.6 Å². The molecule has 0 radical (unpaired) electrons. The minimum absolute atomic E-state index is 0.00307. The van der Waals surface area contributed by atoms with Gasteiger partial charge in [0.15, 0.2) is 0 Å². The Labute approximate surface area is 161 Å². The van der Waals surface area contributed by atoms with Gasteiger partial charge >= 0.3 is 0 Å². The van der Waals surface area contributed by atoms with E-state index in [1.54, 1.807) is 19.9 Å². The number of benzene rings is 2. The van der Waals surface area contributed by atoms with Crippen LogP contribution in [0.2, 0.25) is 0 Å². The molecule has 0 saturated carbocycles. The van der Waals surface area contributed by atoms with E-state index in [0.717, 1.165) is 11.1 Å². The first-order chi connectivity index (χ1) is 12.8. The van der Waals surface area contributed by atoms with E-state index < -0.39 is 10.0 Å². The van der Waals surface area contributed by atoms with Crippen molar-refractivity contribution in [2.45, 2.75) is 32.2 Å². The molecule has 0 bridgehead atoms. The number of aryl methyl sites for hydroxylation is 1. The molecule has 0 aliphatic carbocycles. The number of nitrogens with zero attached hydrogens (tertiary/aromatic N) is 1. The SMILES string of the molecule is CCN(CC)S(=O)(=O)c1cc(C(=O)NCc2ccc(C)cc2)ccc1OC. The highest BCUT2D eigenvalue weighted by Crippen LogP contribution is 2.28. The van der Waals surface area contributed by atoms with Crippen molar-refractivity contribution in [2.75, 3.05) is 20.2 Å². The number of methoxy groups -OCH3 is 1. The third-order valence-electron chi connectivity index (χ3n) is 4.32. The summed E-state index contributed by atoms with van der Waals surface area (Å²) in [6, 6.07) is 12.3. The molecule has 146 valence electrons. The molecule has 0 heterocycles. The number of rotatable bonds is 8. The Balaban J connectivity index is 2.27. The Morgan fingerprint density at radius 3 is 2.26 bits per heavy atom. The van der Waals surface area contributed by atoms with Crippen LogP contribution in [0.5, 0.6) is 5.75 Å². The largest absolute Gasteiger partial charge is 0.495 e. The molecule has 0 aromatic heterocycles. The predicted octanol–water partition coefficient (Wildman–Crippen LogP) is 2.96. The highest BCUT2D eigenvalue weighted by molar-refractivity contribution is 7.89. The second-order valence-corrected chi connectivity index (χ2v) is 8.03. The summed E-state index contributed by atoms with van der Waals surface area (Å²) in [5.41, 5.74) is 2.39. The Morgan fingerprint density at radius 2 is 1.70 bits per heavy atom. The summed E-state index contributed by atoms with van der Waals surface area (Å²) >= 11 is 0. The molecule has 0 fully saturated rings. The minimum Gasteiger partial charge on any atom is -0.495 e. The molecule has 1 amide bonds. The van der Waals surface area contributed by atoms with Gasteiger partial charge in [-0.05, 0) is 30.7 Å². The Bertz CT molecular complexity index is 889. The molecule has 0 atom stereocenters. The van der Waals surface area contributed by atoms with Crippen LogP contribution < -0.4 is 10.1 Å². The Morgan fingerprint density at radius 1 is 1.07 bits per heavy atom. The fourth-order valence-electron chi connectivity index (χ4n) is 2.71. The third kappa shape index (κ3) is 4.87. The van der Waals surface area contributed by atoms with Gasteiger partial charge in [0.2, 0.25) is 10.0 Å². The summed E-state index contributed by atoms with van der Waals surface area (Å²) in [6.45, 7) is 6.58. The zero-order chi connectivity index (χ0) is 20.0. The van der Waals surface area contributed by atoms with E-state index in [1.165, 1.54) is 23.5 Å². The first kappa shape index (κ1) is 20.9. The number of carbonyl (C=O) groups is 1. The molecule has 0 spiro atoms. The molecule has 27 heavy (non-hydrogen) atoms. The Kier molecular flexibility index (Phi) is 6.98. The van der Waals surface area contributed by atoms with Gasteiger partial charge in [-0.2, -0.15) is 4.31 Å². The van der Waals surface area contributed by atoms with Gasteiger partial charge in [-0.25, -0.2) is 8.42 Å². The molecule has 0 aliphatic heterocycles. The predicted molar refractivity (Wildman–Crippen MR) is 105 cm³/mol. The lowest BCUT2D eigenvalue weighted by atomic mass is 10.1. The van der Waals surface area contributed by atoms with E-state index >= 15 is 0 Å². The summed E-state index contributed by atoms with van der Waals surface area (Å²) in [7, 11) is -2.33. The van der Waals surface area contributed by atoms with Gasteiger partial charge in [-0.3, -0.25) is 4.79 Å². The summed E-state index contributed by atoms with van der Waals surface area (Å²) < 4.78 is 32.3. The molecule has 2 aromatic carbocycles. The van der Waals surface area contributed by atoms with E-state index in [4.69, 9.17) is 4.74 Å². The summed E-state index contributed by atoms with van der Waals surface area (Å²) in [5, 5.41) is 2.82. The van der Waals surface area contributed by atoms with Crippen LogP contribution in [0.1, 0.15) is 35.3 Å². The van der Waals surface area contributed by atoms with Gasteiger partial charge in [0, 0.05) is 25.2 Å². The second-order valence-electron chi connectivity index (χ2n) is 6.12. The lowest BCUT2D eigenvalue weighted by Gasteiger charge is -2.20. The fraction of sp³-hybridized carbons (Fsp3) is 0.350. The van der Waals surface area contributed by atoms with Crippen LogP contribution in [0.3, 0.4) is 0 Å². The lowest BCUT2D eigenvalue weighted by molar-refractivity contribution is 0.0950. The van der Waals surface area contributed by atoms with Crippen LogP contribution in [0, 0.1) is 6.92 Å². The number of hydrogen-bond acceptors (Lipinski definition) is 4. The molecule has 0 unspecified atom stereocenters. The minimum atomic E-state index is -3.74. The normalized spacial score (nSPS) is 11.4. The molecule has 2 aromatic rings. The molecular formula is C20H26N2O4S. The topological polar surface area (TPSA) is 75.7 Å². The average molecular weight is 391 g/mol. The van der Waals surface area contributed by atoms with Crippen LogP contribution in [0.15, 0.2) is 47.4 Å². The van der Waals surface area contributed by atoms with E-state index in [1.807, 2.05) is 31.2 Å². The summed E-state index contributed by atoms with van der Waals surface area (Å²) in [5.74, 6) is -0.119. The number of hydrogen-bond donors (Lipinski definition) is 1. The highest BCUT2D eigenvalue weighted by Gasteiger charge is 2.26. The van der Waals surface area contributed by atoms with Gasteiger partial charge in [-0.1, -0.05) is 43.7 Å². The number of ether oxygens (including phenoxy) is 1. The number of nitrogens with one attached hydrogen (secondary N) is 1. The molecule has 2 rings (SSSR count). The van der Waals surface area contributed by atoms with Crippen molar-refractivity contribution in [1.82, 2.24) is 9.62 Å². The smallest absolute Gasteiger partial charge is 0.251 e. The Hall–Kier alpha value is -2.38. The molecule has 0 aliphatic rings. The average Bonchev–Trinajstić information content (AvgIpc) is 2.67. The molecule has 6 nitrogen and oxygen atoms in total. The monoisotopic (exact) mass is 390 g/mol. The quantitative estimate of drug-likeness (QED) is 0.752. The standard InChI is InChI=1S/C20H26N2O4S/c1-5-22(6-2)27(24,25)19-13-17(11-12-18(19)26-4)20(23)21-14-16-9-7-15(3)8-10-16/h7-13H,5-6,14H2,1-4H3,(H,21,23). The number of amides is 1. The van der Waals surface area contributed by atoms with Crippen LogP contribution in [0.4, 0.5) is 0 Å². The van der Waals surface area contributed by atoms with E-state index in [0.29, 0.717) is 19.6 Å². The summed E-state index contributed by atoms with van der Waals surface area (Å²) in [6.07, 6.45) is 0. The van der Waals surface area contributed by atoms with Gasteiger partial charge in [0.1, 0.15) is 10.6 Å². The second kappa shape index (κ2) is 9.01. The molecule has 7 heteroatoms. The van der Waals surface area contributed by atoms with E-state index in [2.05, 4.69) is 5.32 Å². The maximum Gasteiger partial charge on any atom is 0.251 e. The van der Waals surface area contributed by atoms with Crippen LogP contribution >= 0.6 is 0 Å². The van der Waals surface area contributed by atoms with Crippen LogP contribution in [0.25, 0.3) is 0 Å². The van der Waals surface area contributed by atoms with Crippen molar-refractivity contribution in [3.05, 3.63) is 59.2 Å². The zero-order valence-electron chi connectivity index (χ0n) is 16.2. The van der Waals surface area contributed by atoms with Gasteiger partial charge in [0.25, 0.3) is 5.91 Å². The van der Waals surface area contributed by atoms with E-state index in [-0.39, 0.29) is 22.1 Å². The van der Waals surface area contributed by atoms with Crippen molar-refractivity contribution < 1.29 is 17.9 Å². The van der Waals surface area contributed by atoms with Crippen molar-refractivity contribution in [3.63, 3.8) is 0 Å². The molecule has 0 saturated heterocycles. The van der Waals surface area contributed by atoms with Crippen molar-refractivity contribution >= 4 is 15.9 Å². The fourth-order valence-corrected chi connectivity index (χ4v) is 4.35. The zero-order valence-corrected chi connectivity index (χ0v) is 17.0. The molecule has 1 N–H and O–H groups in total. The highest BCUT2D eigenvalue weighted by atomic mass is 32.2. The maximum atomic E-state index is 12.9. The van der Waals surface area contributed by atoms with Gasteiger partial charge in [-0.15, -0.1) is 0 Å². The summed E-state index contributed by atoms with van der Waals surface area (Å²) in [4.78, 5) is 12.5. The number of sulfonamides is 1.